The summed E-state index contributed by atoms with van der Waals surface area (Å²) in [7, 11) is 0. The van der Waals surface area contributed by atoms with Crippen molar-refractivity contribution in [2.75, 3.05) is 37.6 Å². The number of piperidine rings is 1. The smallest absolute Gasteiger partial charge is 0.408 e. The van der Waals surface area contributed by atoms with E-state index in [1.165, 1.54) is 11.8 Å². The molecule has 2 aliphatic rings. The molecule has 0 spiro atoms. The highest BCUT2D eigenvalue weighted by atomic mass is 35.5. The molecule has 0 aliphatic carbocycles. The zero-order valence-electron chi connectivity index (χ0n) is 20.3. The van der Waals surface area contributed by atoms with Crippen molar-refractivity contribution in [3.05, 3.63) is 57.7 Å². The largest absolute Gasteiger partial charge is 0.465 e. The number of nitrogens with zero attached hydrogens (tertiary/aromatic N) is 3. The lowest BCUT2D eigenvalue weighted by Crippen LogP contribution is -2.63. The molecule has 1 aromatic heterocycles. The average molecular weight is 533 g/mol. The summed E-state index contributed by atoms with van der Waals surface area (Å²) in [5, 5.41) is 14.2. The van der Waals surface area contributed by atoms with Crippen molar-refractivity contribution < 1.29 is 19.5 Å². The molecular weight excluding hydrogens is 503 g/mol. The van der Waals surface area contributed by atoms with Crippen LogP contribution >= 0.6 is 23.2 Å². The standard InChI is InChI=1S/C26H30Cl2N4O4/c1-3-32(25(35)36)26(15-29-14-20(26)18-4-6-21(27)22(28)12-18)24(34)17-8-10-31(11-9-17)23-7-5-19(13-30-23)16(2)33/h4-7,12-13,17,20,29H,3,8-11,14-15H2,1-2H3,(H,35,36)/t20-,26+/m0/s1. The number of hydrogen-bond acceptors (Lipinski definition) is 6. The number of likely N-dealkylation sites (N-methyl/N-ethyl adjacent to an activating group) is 1. The minimum absolute atomic E-state index is 0.0377. The second-order valence-electron chi connectivity index (χ2n) is 9.39. The van der Waals surface area contributed by atoms with Gasteiger partial charge in [0.2, 0.25) is 0 Å². The molecule has 4 rings (SSSR count). The minimum atomic E-state index is -1.24. The summed E-state index contributed by atoms with van der Waals surface area (Å²) >= 11 is 12.4. The van der Waals surface area contributed by atoms with Gasteiger partial charge in [-0.3, -0.25) is 14.5 Å². The van der Waals surface area contributed by atoms with Crippen molar-refractivity contribution in [1.29, 1.82) is 0 Å². The van der Waals surface area contributed by atoms with Crippen molar-refractivity contribution in [1.82, 2.24) is 15.2 Å². The van der Waals surface area contributed by atoms with Gasteiger partial charge in [0, 0.05) is 56.3 Å². The Labute approximate surface area is 220 Å². The van der Waals surface area contributed by atoms with Gasteiger partial charge in [-0.2, -0.15) is 0 Å². The van der Waals surface area contributed by atoms with Crippen LogP contribution in [0.1, 0.15) is 48.5 Å². The summed E-state index contributed by atoms with van der Waals surface area (Å²) in [6.07, 6.45) is 1.62. The zero-order chi connectivity index (χ0) is 26.0. The fourth-order valence-electron chi connectivity index (χ4n) is 5.59. The van der Waals surface area contributed by atoms with Gasteiger partial charge in [-0.05, 0) is 56.5 Å². The molecule has 2 fully saturated rings. The van der Waals surface area contributed by atoms with Crippen molar-refractivity contribution in [3.63, 3.8) is 0 Å². The highest BCUT2D eigenvalue weighted by molar-refractivity contribution is 6.42. The van der Waals surface area contributed by atoms with E-state index in [1.807, 2.05) is 12.1 Å². The van der Waals surface area contributed by atoms with Crippen LogP contribution in [-0.2, 0) is 4.79 Å². The molecule has 0 bridgehead atoms. The van der Waals surface area contributed by atoms with Gasteiger partial charge in [0.05, 0.1) is 10.0 Å². The van der Waals surface area contributed by atoms with Crippen LogP contribution in [0.3, 0.4) is 0 Å². The Bertz CT molecular complexity index is 1150. The number of ketones is 2. The van der Waals surface area contributed by atoms with Crippen molar-refractivity contribution in [2.24, 2.45) is 5.92 Å². The molecule has 1 amide bonds. The quantitative estimate of drug-likeness (QED) is 0.505. The van der Waals surface area contributed by atoms with Crippen LogP contribution in [0.2, 0.25) is 10.0 Å². The van der Waals surface area contributed by atoms with Gasteiger partial charge >= 0.3 is 6.09 Å². The molecule has 0 radical (unpaired) electrons. The lowest BCUT2D eigenvalue weighted by Gasteiger charge is -2.45. The number of carbonyl (C=O) groups is 3. The lowest BCUT2D eigenvalue weighted by molar-refractivity contribution is -0.135. The van der Waals surface area contributed by atoms with E-state index in [0.717, 1.165) is 11.4 Å². The van der Waals surface area contributed by atoms with Gasteiger partial charge in [-0.1, -0.05) is 29.3 Å². The second-order valence-corrected chi connectivity index (χ2v) is 10.2. The van der Waals surface area contributed by atoms with Crippen LogP contribution in [0.25, 0.3) is 0 Å². The number of halogens is 2. The number of carboxylic acid groups (broad SMARTS) is 1. The third-order valence-corrected chi connectivity index (χ3v) is 8.20. The first-order valence-corrected chi connectivity index (χ1v) is 12.9. The summed E-state index contributed by atoms with van der Waals surface area (Å²) in [6, 6.07) is 8.83. The van der Waals surface area contributed by atoms with Crippen molar-refractivity contribution in [3.8, 4) is 0 Å². The fraction of sp³-hybridized carbons (Fsp3) is 0.462. The Hall–Kier alpha value is -2.68. The predicted octanol–water partition coefficient (Wildman–Crippen LogP) is 4.50. The van der Waals surface area contributed by atoms with Gasteiger partial charge in [0.1, 0.15) is 11.4 Å². The number of anilines is 1. The van der Waals surface area contributed by atoms with Gasteiger partial charge in [-0.25, -0.2) is 9.78 Å². The second kappa shape index (κ2) is 10.7. The maximum atomic E-state index is 14.2. The molecular formula is C26H30Cl2N4O4. The van der Waals surface area contributed by atoms with E-state index >= 15 is 0 Å². The lowest BCUT2D eigenvalue weighted by atomic mass is 9.71. The Morgan fingerprint density at radius 1 is 1.17 bits per heavy atom. The van der Waals surface area contributed by atoms with E-state index in [-0.39, 0.29) is 30.6 Å². The normalized spacial score (nSPS) is 22.4. The average Bonchev–Trinajstić information content (AvgIpc) is 3.31. The zero-order valence-corrected chi connectivity index (χ0v) is 21.8. The van der Waals surface area contributed by atoms with E-state index in [1.54, 1.807) is 31.3 Å². The molecule has 2 atom stereocenters. The molecule has 3 heterocycles. The Kier molecular flexibility index (Phi) is 7.87. The number of benzene rings is 1. The fourth-order valence-corrected chi connectivity index (χ4v) is 5.90. The Morgan fingerprint density at radius 2 is 1.89 bits per heavy atom. The van der Waals surface area contributed by atoms with Gasteiger partial charge in [0.15, 0.2) is 11.6 Å². The first-order chi connectivity index (χ1) is 17.2. The highest BCUT2D eigenvalue weighted by Gasteiger charge is 2.56. The van der Waals surface area contributed by atoms with Gasteiger partial charge < -0.3 is 15.3 Å². The molecule has 2 aromatic rings. The van der Waals surface area contributed by atoms with Crippen LogP contribution in [0.15, 0.2) is 36.5 Å². The molecule has 10 heteroatoms. The summed E-state index contributed by atoms with van der Waals surface area (Å²) in [5.41, 5.74) is 0.0993. The maximum Gasteiger partial charge on any atom is 0.408 e. The Morgan fingerprint density at radius 3 is 2.44 bits per heavy atom. The number of carbonyl (C=O) groups excluding carboxylic acids is 2. The van der Waals surface area contributed by atoms with Gasteiger partial charge in [-0.15, -0.1) is 0 Å². The minimum Gasteiger partial charge on any atom is -0.465 e. The third kappa shape index (κ3) is 4.82. The molecule has 36 heavy (non-hydrogen) atoms. The molecule has 8 nitrogen and oxygen atoms in total. The van der Waals surface area contributed by atoms with Crippen molar-refractivity contribution >= 4 is 46.7 Å². The van der Waals surface area contributed by atoms with Gasteiger partial charge in [0.25, 0.3) is 0 Å². The molecule has 2 aliphatic heterocycles. The van der Waals surface area contributed by atoms with Crippen LogP contribution in [-0.4, -0.2) is 70.9 Å². The topological polar surface area (TPSA) is 103 Å². The number of amides is 1. The monoisotopic (exact) mass is 532 g/mol. The molecule has 192 valence electrons. The van der Waals surface area contributed by atoms with Crippen LogP contribution in [0.4, 0.5) is 10.6 Å². The molecule has 1 aromatic carbocycles. The number of hydrogen-bond donors (Lipinski definition) is 2. The summed E-state index contributed by atoms with van der Waals surface area (Å²) in [5.74, 6) is -0.0277. The third-order valence-electron chi connectivity index (χ3n) is 7.47. The summed E-state index contributed by atoms with van der Waals surface area (Å²) in [4.78, 5) is 46.0. The number of Topliss-reactive ketones (excluding diaryl/α,β-unsaturated/α-hetero) is 2. The van der Waals surface area contributed by atoms with E-state index < -0.39 is 17.6 Å². The number of aromatic nitrogens is 1. The summed E-state index contributed by atoms with van der Waals surface area (Å²) in [6.45, 7) is 5.37. The highest BCUT2D eigenvalue weighted by Crippen LogP contribution is 2.42. The number of pyridine rings is 1. The predicted molar refractivity (Wildman–Crippen MR) is 139 cm³/mol. The van der Waals surface area contributed by atoms with E-state index in [4.69, 9.17) is 23.2 Å². The number of nitrogens with one attached hydrogen (secondary N) is 1. The SMILES string of the molecule is CCN(C(=O)O)[C@]1(C(=O)C2CCN(c3ccc(C(C)=O)cn3)CC2)CNC[C@H]1c1ccc(Cl)c(Cl)c1. The number of rotatable bonds is 7. The van der Waals surface area contributed by atoms with Crippen LogP contribution in [0.5, 0.6) is 0 Å². The van der Waals surface area contributed by atoms with E-state index in [2.05, 4.69) is 15.2 Å². The van der Waals surface area contributed by atoms with E-state index in [9.17, 15) is 19.5 Å². The van der Waals surface area contributed by atoms with Crippen LogP contribution < -0.4 is 10.2 Å². The molecule has 2 N–H and O–H groups in total. The first-order valence-electron chi connectivity index (χ1n) is 12.1. The van der Waals surface area contributed by atoms with Crippen LogP contribution in [0, 0.1) is 5.92 Å². The van der Waals surface area contributed by atoms with E-state index in [0.29, 0.717) is 48.1 Å². The molecule has 0 unspecified atom stereocenters. The molecule has 2 saturated heterocycles. The Balaban J connectivity index is 1.60. The molecule has 0 saturated carbocycles. The maximum absolute atomic E-state index is 14.2. The first kappa shape index (κ1) is 26.4. The summed E-state index contributed by atoms with van der Waals surface area (Å²) < 4.78 is 0. The van der Waals surface area contributed by atoms with Crippen molar-refractivity contribution in [2.45, 2.75) is 38.1 Å².